The molecule has 3 rings (SSSR count). The first-order valence-electron chi connectivity index (χ1n) is 9.84. The van der Waals surface area contributed by atoms with Gasteiger partial charge in [-0.15, -0.1) is 10.2 Å². The number of aromatic nitrogens is 3. The molecule has 32 heavy (non-hydrogen) atoms. The molecule has 1 aromatic heterocycles. The van der Waals surface area contributed by atoms with Crippen molar-refractivity contribution in [3.05, 3.63) is 53.1 Å². The summed E-state index contributed by atoms with van der Waals surface area (Å²) in [6.07, 6.45) is 0. The second-order valence-electron chi connectivity index (χ2n) is 6.62. The number of ether oxygens (including phenoxy) is 2. The number of hydrazone groups is 1. The number of methoxy groups -OCH3 is 2. The van der Waals surface area contributed by atoms with Crippen molar-refractivity contribution in [3.8, 4) is 22.9 Å². The van der Waals surface area contributed by atoms with E-state index in [-0.39, 0.29) is 11.7 Å². The quantitative estimate of drug-likeness (QED) is 0.283. The van der Waals surface area contributed by atoms with E-state index in [0.29, 0.717) is 39.8 Å². The highest BCUT2D eigenvalue weighted by atomic mass is 35.5. The van der Waals surface area contributed by atoms with E-state index in [1.54, 1.807) is 27.2 Å². The Kier molecular flexibility index (Phi) is 8.13. The van der Waals surface area contributed by atoms with Crippen LogP contribution in [0.15, 0.2) is 52.7 Å². The van der Waals surface area contributed by atoms with Crippen LogP contribution in [0, 0.1) is 0 Å². The van der Waals surface area contributed by atoms with E-state index >= 15 is 0 Å². The normalized spacial score (nSPS) is 11.3. The zero-order valence-electron chi connectivity index (χ0n) is 18.3. The number of hydrogen-bond donors (Lipinski definition) is 1. The van der Waals surface area contributed by atoms with Gasteiger partial charge < -0.3 is 14.0 Å². The van der Waals surface area contributed by atoms with Crippen molar-refractivity contribution in [3.63, 3.8) is 0 Å². The summed E-state index contributed by atoms with van der Waals surface area (Å²) in [6, 6.07) is 12.9. The van der Waals surface area contributed by atoms with Crippen LogP contribution in [0.25, 0.3) is 11.4 Å². The third-order valence-electron chi connectivity index (χ3n) is 4.62. The molecule has 8 nitrogen and oxygen atoms in total. The minimum absolute atomic E-state index is 0.142. The van der Waals surface area contributed by atoms with Gasteiger partial charge in [0.1, 0.15) is 0 Å². The number of rotatable bonds is 9. The summed E-state index contributed by atoms with van der Waals surface area (Å²) in [5, 5.41) is 13.9. The fourth-order valence-electron chi connectivity index (χ4n) is 2.99. The SMILES string of the molecule is CCn1c(SCC(=O)NN=C(C)c2ccccc2Cl)nnc1-c1ccc(OC)c(OC)c1. The lowest BCUT2D eigenvalue weighted by molar-refractivity contribution is -0.118. The van der Waals surface area contributed by atoms with Gasteiger partial charge in [0, 0.05) is 22.7 Å². The number of thioether (sulfide) groups is 1. The van der Waals surface area contributed by atoms with Gasteiger partial charge in [-0.1, -0.05) is 41.6 Å². The lowest BCUT2D eigenvalue weighted by atomic mass is 10.1. The number of amides is 1. The maximum Gasteiger partial charge on any atom is 0.250 e. The molecule has 0 aliphatic rings. The molecular weight excluding hydrogens is 450 g/mol. The summed E-state index contributed by atoms with van der Waals surface area (Å²) < 4.78 is 12.6. The molecule has 0 saturated heterocycles. The van der Waals surface area contributed by atoms with E-state index in [4.69, 9.17) is 21.1 Å². The number of benzene rings is 2. The van der Waals surface area contributed by atoms with Crippen LogP contribution in [0.4, 0.5) is 0 Å². The number of carbonyl (C=O) groups is 1. The van der Waals surface area contributed by atoms with E-state index in [2.05, 4.69) is 20.7 Å². The molecule has 3 aromatic rings. The van der Waals surface area contributed by atoms with Crippen LogP contribution in [0.1, 0.15) is 19.4 Å². The topological polar surface area (TPSA) is 90.6 Å². The van der Waals surface area contributed by atoms with E-state index in [0.717, 1.165) is 11.1 Å². The average Bonchev–Trinajstić information content (AvgIpc) is 3.23. The van der Waals surface area contributed by atoms with E-state index < -0.39 is 0 Å². The Morgan fingerprint density at radius 2 is 1.91 bits per heavy atom. The molecular formula is C22H24ClN5O3S. The van der Waals surface area contributed by atoms with Crippen LogP contribution in [0.5, 0.6) is 11.5 Å². The lowest BCUT2D eigenvalue weighted by Gasteiger charge is -2.11. The highest BCUT2D eigenvalue weighted by Gasteiger charge is 2.16. The zero-order chi connectivity index (χ0) is 23.1. The van der Waals surface area contributed by atoms with Gasteiger partial charge >= 0.3 is 0 Å². The number of hydrogen-bond acceptors (Lipinski definition) is 7. The molecule has 0 radical (unpaired) electrons. The highest BCUT2D eigenvalue weighted by molar-refractivity contribution is 7.99. The zero-order valence-corrected chi connectivity index (χ0v) is 19.8. The van der Waals surface area contributed by atoms with Crippen LogP contribution in [-0.2, 0) is 11.3 Å². The minimum atomic E-state index is -0.250. The van der Waals surface area contributed by atoms with Crippen molar-refractivity contribution in [2.24, 2.45) is 5.10 Å². The predicted octanol–water partition coefficient (Wildman–Crippen LogP) is 4.27. The molecule has 2 aromatic carbocycles. The third kappa shape index (κ3) is 5.41. The van der Waals surface area contributed by atoms with Crippen LogP contribution in [0.3, 0.4) is 0 Å². The average molecular weight is 474 g/mol. The van der Waals surface area contributed by atoms with Gasteiger partial charge in [0.2, 0.25) is 0 Å². The Balaban J connectivity index is 1.69. The number of halogens is 1. The van der Waals surface area contributed by atoms with Gasteiger partial charge in [-0.2, -0.15) is 5.10 Å². The predicted molar refractivity (Wildman–Crippen MR) is 127 cm³/mol. The van der Waals surface area contributed by atoms with Crippen molar-refractivity contribution in [1.82, 2.24) is 20.2 Å². The highest BCUT2D eigenvalue weighted by Crippen LogP contribution is 2.32. The van der Waals surface area contributed by atoms with Crippen molar-refractivity contribution < 1.29 is 14.3 Å². The fourth-order valence-corrected chi connectivity index (χ4v) is 4.06. The summed E-state index contributed by atoms with van der Waals surface area (Å²) >= 11 is 7.46. The van der Waals surface area contributed by atoms with Crippen LogP contribution in [0.2, 0.25) is 5.02 Å². The van der Waals surface area contributed by atoms with E-state index in [1.165, 1.54) is 11.8 Å². The molecule has 10 heteroatoms. The van der Waals surface area contributed by atoms with Crippen molar-refractivity contribution in [2.45, 2.75) is 25.5 Å². The Hall–Kier alpha value is -3.04. The minimum Gasteiger partial charge on any atom is -0.493 e. The van der Waals surface area contributed by atoms with Crippen LogP contribution in [-0.4, -0.2) is 46.4 Å². The Morgan fingerprint density at radius 3 is 2.59 bits per heavy atom. The first-order valence-corrected chi connectivity index (χ1v) is 11.2. The van der Waals surface area contributed by atoms with Gasteiger partial charge in [-0.3, -0.25) is 4.79 Å². The van der Waals surface area contributed by atoms with Gasteiger partial charge in [0.25, 0.3) is 5.91 Å². The molecule has 0 atom stereocenters. The Labute approximate surface area is 196 Å². The lowest BCUT2D eigenvalue weighted by Crippen LogP contribution is -2.21. The first kappa shape index (κ1) is 23.6. The van der Waals surface area contributed by atoms with Crippen molar-refractivity contribution in [1.29, 1.82) is 0 Å². The first-order chi connectivity index (χ1) is 15.5. The molecule has 0 aliphatic carbocycles. The Bertz CT molecular complexity index is 1130. The molecule has 1 amide bonds. The molecule has 0 unspecified atom stereocenters. The summed E-state index contributed by atoms with van der Waals surface area (Å²) in [4.78, 5) is 12.3. The monoisotopic (exact) mass is 473 g/mol. The summed E-state index contributed by atoms with van der Waals surface area (Å²) in [7, 11) is 3.17. The molecule has 0 fully saturated rings. The molecule has 168 valence electrons. The van der Waals surface area contributed by atoms with Crippen LogP contribution < -0.4 is 14.9 Å². The smallest absolute Gasteiger partial charge is 0.250 e. The number of carbonyl (C=O) groups excluding carboxylic acids is 1. The molecule has 1 heterocycles. The number of nitrogens with zero attached hydrogens (tertiary/aromatic N) is 4. The number of nitrogens with one attached hydrogen (secondary N) is 1. The van der Waals surface area contributed by atoms with Crippen molar-refractivity contribution >= 4 is 35.0 Å². The van der Waals surface area contributed by atoms with E-state index in [1.807, 2.05) is 47.9 Å². The van der Waals surface area contributed by atoms with E-state index in [9.17, 15) is 4.79 Å². The molecule has 1 N–H and O–H groups in total. The maximum absolute atomic E-state index is 12.3. The summed E-state index contributed by atoms with van der Waals surface area (Å²) in [5.41, 5.74) is 4.80. The summed E-state index contributed by atoms with van der Waals surface area (Å²) in [5.74, 6) is 1.82. The maximum atomic E-state index is 12.3. The fraction of sp³-hybridized carbons (Fsp3) is 0.273. The summed E-state index contributed by atoms with van der Waals surface area (Å²) in [6.45, 7) is 4.43. The van der Waals surface area contributed by atoms with Gasteiger partial charge in [-0.25, -0.2) is 5.43 Å². The Morgan fingerprint density at radius 1 is 1.16 bits per heavy atom. The second kappa shape index (κ2) is 11.0. The largest absolute Gasteiger partial charge is 0.493 e. The van der Waals surface area contributed by atoms with Crippen molar-refractivity contribution in [2.75, 3.05) is 20.0 Å². The third-order valence-corrected chi connectivity index (χ3v) is 5.92. The van der Waals surface area contributed by atoms with Crippen LogP contribution >= 0.6 is 23.4 Å². The molecule has 0 bridgehead atoms. The standard InChI is InChI=1S/C22H24ClN5O3S/c1-5-28-21(15-10-11-18(30-3)19(12-15)31-4)26-27-22(28)32-13-20(29)25-24-14(2)16-8-6-7-9-17(16)23/h6-12H,5,13H2,1-4H3,(H,25,29). The molecule has 0 aliphatic heterocycles. The van der Waals surface area contributed by atoms with Gasteiger partial charge in [0.05, 0.1) is 25.7 Å². The second-order valence-corrected chi connectivity index (χ2v) is 7.97. The van der Waals surface area contributed by atoms with Gasteiger partial charge in [-0.05, 0) is 38.1 Å². The molecule has 0 saturated carbocycles. The van der Waals surface area contributed by atoms with Gasteiger partial charge in [0.15, 0.2) is 22.5 Å². The molecule has 0 spiro atoms.